The van der Waals surface area contributed by atoms with Gasteiger partial charge in [-0.05, 0) is 48.5 Å². The molecule has 144 valence electrons. The number of urea groups is 1. The van der Waals surface area contributed by atoms with E-state index in [1.54, 1.807) is 11.8 Å². The number of carbonyl (C=O) groups is 1. The van der Waals surface area contributed by atoms with Crippen molar-refractivity contribution in [2.45, 2.75) is 9.79 Å². The van der Waals surface area contributed by atoms with Crippen molar-refractivity contribution >= 4 is 29.2 Å². The highest BCUT2D eigenvalue weighted by Crippen LogP contribution is 2.26. The van der Waals surface area contributed by atoms with Gasteiger partial charge in [-0.2, -0.15) is 0 Å². The molecule has 4 aromatic carbocycles. The second-order valence-electron chi connectivity index (χ2n) is 6.07. The van der Waals surface area contributed by atoms with Gasteiger partial charge >= 0.3 is 6.03 Å². The highest BCUT2D eigenvalue weighted by Gasteiger charge is 2.13. The molecule has 0 spiro atoms. The summed E-state index contributed by atoms with van der Waals surface area (Å²) >= 11 is 1.79. The summed E-state index contributed by atoms with van der Waals surface area (Å²) in [6.07, 6.45) is 0. The summed E-state index contributed by atoms with van der Waals surface area (Å²) < 4.78 is 0. The van der Waals surface area contributed by atoms with Crippen LogP contribution in [-0.2, 0) is 0 Å². The number of rotatable bonds is 4. The number of hydrogen-bond donors (Lipinski definition) is 1. The van der Waals surface area contributed by atoms with Gasteiger partial charge < -0.3 is 5.73 Å². The minimum atomic E-state index is -0.489. The number of anilines is 2. The smallest absolute Gasteiger partial charge is 0.323 e. The molecule has 2 amide bonds. The molecule has 0 aromatic heterocycles. The molecule has 4 rings (SSSR count). The Kier molecular flexibility index (Phi) is 7.49. The summed E-state index contributed by atoms with van der Waals surface area (Å²) in [4.78, 5) is 15.5. The van der Waals surface area contributed by atoms with Crippen molar-refractivity contribution in [2.24, 2.45) is 5.73 Å². The molecule has 29 heavy (non-hydrogen) atoms. The lowest BCUT2D eigenvalue weighted by Crippen LogP contribution is -2.31. The zero-order valence-corrected chi connectivity index (χ0v) is 16.7. The van der Waals surface area contributed by atoms with E-state index in [0.717, 1.165) is 11.4 Å². The van der Waals surface area contributed by atoms with Crippen molar-refractivity contribution in [2.75, 3.05) is 4.90 Å². The molecule has 2 N–H and O–H groups in total. The number of benzene rings is 4. The van der Waals surface area contributed by atoms with Gasteiger partial charge in [-0.1, -0.05) is 84.6 Å². The SMILES string of the molecule is NC(=O)N(c1ccccc1)c1ccccc1.c1ccc(Sc2ccccc2)cc1. The van der Waals surface area contributed by atoms with Crippen LogP contribution in [0.1, 0.15) is 0 Å². The third-order valence-corrected chi connectivity index (χ3v) is 4.99. The van der Waals surface area contributed by atoms with Gasteiger partial charge in [-0.3, -0.25) is 4.90 Å². The molecule has 4 heteroatoms. The Morgan fingerprint density at radius 3 is 1.17 bits per heavy atom. The van der Waals surface area contributed by atoms with Crippen molar-refractivity contribution in [3.05, 3.63) is 121 Å². The van der Waals surface area contributed by atoms with E-state index in [1.165, 1.54) is 14.7 Å². The van der Waals surface area contributed by atoms with Crippen molar-refractivity contribution in [1.29, 1.82) is 0 Å². The van der Waals surface area contributed by atoms with Crippen LogP contribution in [-0.4, -0.2) is 6.03 Å². The minimum Gasteiger partial charge on any atom is -0.351 e. The number of amides is 2. The average Bonchev–Trinajstić information content (AvgIpc) is 2.77. The van der Waals surface area contributed by atoms with Gasteiger partial charge in [-0.15, -0.1) is 0 Å². The van der Waals surface area contributed by atoms with E-state index < -0.39 is 6.03 Å². The van der Waals surface area contributed by atoms with Crippen LogP contribution in [0.4, 0.5) is 16.2 Å². The molecule has 0 heterocycles. The van der Waals surface area contributed by atoms with Crippen LogP contribution in [0.2, 0.25) is 0 Å². The molecule has 0 fully saturated rings. The van der Waals surface area contributed by atoms with E-state index in [2.05, 4.69) is 48.5 Å². The molecule has 0 saturated carbocycles. The van der Waals surface area contributed by atoms with Crippen LogP contribution in [0.15, 0.2) is 131 Å². The highest BCUT2D eigenvalue weighted by molar-refractivity contribution is 7.99. The number of hydrogen-bond acceptors (Lipinski definition) is 2. The quantitative estimate of drug-likeness (QED) is 0.414. The maximum Gasteiger partial charge on any atom is 0.323 e. The standard InChI is InChI=1S/C13H12N2O.C12H10S/c14-13(16)15(11-7-3-1-4-8-11)12-9-5-2-6-10-12;1-3-7-11(8-4-1)13-12-9-5-2-6-10-12/h1-10H,(H2,14,16);1-10H. The molecule has 0 saturated heterocycles. The van der Waals surface area contributed by atoms with Crippen LogP contribution in [0, 0.1) is 0 Å². The second-order valence-corrected chi connectivity index (χ2v) is 7.22. The Morgan fingerprint density at radius 2 is 0.862 bits per heavy atom. The first-order valence-electron chi connectivity index (χ1n) is 9.21. The molecule has 0 atom stereocenters. The topological polar surface area (TPSA) is 46.3 Å². The summed E-state index contributed by atoms with van der Waals surface area (Å²) in [5.41, 5.74) is 6.92. The van der Waals surface area contributed by atoms with Crippen molar-refractivity contribution in [3.63, 3.8) is 0 Å². The molecule has 0 radical (unpaired) electrons. The predicted molar refractivity (Wildman–Crippen MR) is 122 cm³/mol. The van der Waals surface area contributed by atoms with Gasteiger partial charge in [0.25, 0.3) is 0 Å². The highest BCUT2D eigenvalue weighted by atomic mass is 32.2. The van der Waals surface area contributed by atoms with Gasteiger partial charge in [-0.25, -0.2) is 4.79 Å². The van der Waals surface area contributed by atoms with Gasteiger partial charge in [0.1, 0.15) is 0 Å². The average molecular weight is 399 g/mol. The third-order valence-electron chi connectivity index (χ3n) is 3.97. The van der Waals surface area contributed by atoms with Crippen molar-refractivity contribution in [1.82, 2.24) is 0 Å². The summed E-state index contributed by atoms with van der Waals surface area (Å²) in [5, 5.41) is 0. The van der Waals surface area contributed by atoms with Crippen LogP contribution >= 0.6 is 11.8 Å². The van der Waals surface area contributed by atoms with Gasteiger partial charge in [0.15, 0.2) is 0 Å². The first kappa shape index (κ1) is 20.2. The molecular weight excluding hydrogens is 376 g/mol. The largest absolute Gasteiger partial charge is 0.351 e. The summed E-state index contributed by atoms with van der Waals surface area (Å²) in [5.74, 6) is 0. The summed E-state index contributed by atoms with van der Waals surface area (Å²) in [6.45, 7) is 0. The zero-order valence-electron chi connectivity index (χ0n) is 15.9. The maximum atomic E-state index is 11.4. The number of para-hydroxylation sites is 2. The number of nitrogens with zero attached hydrogens (tertiary/aromatic N) is 1. The van der Waals surface area contributed by atoms with Gasteiger partial charge in [0.2, 0.25) is 0 Å². The molecule has 0 aliphatic carbocycles. The van der Waals surface area contributed by atoms with E-state index >= 15 is 0 Å². The summed E-state index contributed by atoms with van der Waals surface area (Å²) in [7, 11) is 0. The molecule has 0 aliphatic heterocycles. The lowest BCUT2D eigenvalue weighted by atomic mass is 10.2. The first-order valence-corrected chi connectivity index (χ1v) is 10.0. The maximum absolute atomic E-state index is 11.4. The summed E-state index contributed by atoms with van der Waals surface area (Å²) in [6, 6.07) is 39.0. The molecular formula is C25H22N2OS. The molecule has 0 aliphatic rings. The fourth-order valence-corrected chi connectivity index (χ4v) is 3.53. The molecule has 0 unspecified atom stereocenters. The van der Waals surface area contributed by atoms with Crippen LogP contribution in [0.5, 0.6) is 0 Å². The number of nitrogens with two attached hydrogens (primary N) is 1. The van der Waals surface area contributed by atoms with Crippen LogP contribution < -0.4 is 10.6 Å². The van der Waals surface area contributed by atoms with Crippen molar-refractivity contribution in [3.8, 4) is 0 Å². The van der Waals surface area contributed by atoms with Gasteiger partial charge in [0.05, 0.1) is 11.4 Å². The Balaban J connectivity index is 0.000000169. The Morgan fingerprint density at radius 1 is 0.552 bits per heavy atom. The third kappa shape index (κ3) is 6.26. The number of carbonyl (C=O) groups excluding carboxylic acids is 1. The van der Waals surface area contributed by atoms with E-state index in [9.17, 15) is 4.79 Å². The molecule has 3 nitrogen and oxygen atoms in total. The Hall–Kier alpha value is -3.50. The lowest BCUT2D eigenvalue weighted by Gasteiger charge is -2.20. The first-order chi connectivity index (χ1) is 14.2. The van der Waals surface area contributed by atoms with E-state index in [0.29, 0.717) is 0 Å². The van der Waals surface area contributed by atoms with E-state index in [1.807, 2.05) is 72.8 Å². The second kappa shape index (κ2) is 10.7. The monoisotopic (exact) mass is 398 g/mol. The Labute approximate surface area is 175 Å². The van der Waals surface area contributed by atoms with Crippen LogP contribution in [0.25, 0.3) is 0 Å². The fourth-order valence-electron chi connectivity index (χ4n) is 2.67. The van der Waals surface area contributed by atoms with Crippen LogP contribution in [0.3, 0.4) is 0 Å². The zero-order chi connectivity index (χ0) is 20.3. The lowest BCUT2D eigenvalue weighted by molar-refractivity contribution is 0.256. The predicted octanol–water partition coefficient (Wildman–Crippen LogP) is 6.74. The fraction of sp³-hybridized carbons (Fsp3) is 0. The Bertz CT molecular complexity index is 917. The van der Waals surface area contributed by atoms with E-state index in [-0.39, 0.29) is 0 Å². The molecule has 4 aromatic rings. The minimum absolute atomic E-state index is 0.489. The molecule has 0 bridgehead atoms. The van der Waals surface area contributed by atoms with Gasteiger partial charge in [0, 0.05) is 9.79 Å². The number of primary amides is 1. The van der Waals surface area contributed by atoms with Crippen molar-refractivity contribution < 1.29 is 4.79 Å². The van der Waals surface area contributed by atoms with E-state index in [4.69, 9.17) is 5.73 Å². The normalized spacial score (nSPS) is 9.79.